The molecule has 0 spiro atoms. The molecule has 19 heavy (non-hydrogen) atoms. The molecular formula is C14H15ClFNO2. The molecule has 5 heteroatoms. The highest BCUT2D eigenvalue weighted by atomic mass is 35.5. The number of amides is 2. The van der Waals surface area contributed by atoms with Crippen LogP contribution in [-0.2, 0) is 9.59 Å². The molecule has 1 heterocycles. The molecule has 1 fully saturated rings. The Labute approximate surface area is 116 Å². The smallest absolute Gasteiger partial charge is 0.230 e. The molecule has 2 unspecified atom stereocenters. The first-order valence-electron chi connectivity index (χ1n) is 6.19. The van der Waals surface area contributed by atoms with Crippen LogP contribution >= 0.6 is 11.6 Å². The van der Waals surface area contributed by atoms with E-state index in [1.165, 1.54) is 6.07 Å². The predicted octanol–water partition coefficient (Wildman–Crippen LogP) is 2.88. The fourth-order valence-corrected chi connectivity index (χ4v) is 2.84. The Balaban J connectivity index is 2.47. The van der Waals surface area contributed by atoms with Crippen LogP contribution in [0.4, 0.5) is 4.39 Å². The van der Waals surface area contributed by atoms with Gasteiger partial charge in [-0.2, -0.15) is 0 Å². The van der Waals surface area contributed by atoms with Gasteiger partial charge in [-0.25, -0.2) is 4.39 Å². The minimum Gasteiger partial charge on any atom is -0.296 e. The predicted molar refractivity (Wildman–Crippen MR) is 70.2 cm³/mol. The molecule has 0 bridgehead atoms. The van der Waals surface area contributed by atoms with Crippen molar-refractivity contribution >= 4 is 23.4 Å². The monoisotopic (exact) mass is 283 g/mol. The van der Waals surface area contributed by atoms with E-state index in [0.717, 1.165) is 0 Å². The Hall–Kier alpha value is -1.42. The van der Waals surface area contributed by atoms with E-state index in [1.807, 2.05) is 13.8 Å². The van der Waals surface area contributed by atoms with Crippen molar-refractivity contribution in [3.8, 4) is 0 Å². The number of carbonyl (C=O) groups excluding carboxylic acids is 2. The average Bonchev–Trinajstić information content (AvgIpc) is 2.31. The van der Waals surface area contributed by atoms with Gasteiger partial charge in [0, 0.05) is 18.3 Å². The van der Waals surface area contributed by atoms with E-state index in [0.29, 0.717) is 5.56 Å². The fourth-order valence-electron chi connectivity index (χ4n) is 2.66. The summed E-state index contributed by atoms with van der Waals surface area (Å²) in [6, 6.07) is 4.68. The number of rotatable bonds is 2. The minimum atomic E-state index is -0.540. The number of halogens is 2. The molecule has 3 nitrogen and oxygen atoms in total. The number of hydrogen-bond donors (Lipinski definition) is 1. The van der Waals surface area contributed by atoms with Gasteiger partial charge in [0.05, 0.1) is 5.02 Å². The van der Waals surface area contributed by atoms with Crippen LogP contribution in [0.15, 0.2) is 18.2 Å². The van der Waals surface area contributed by atoms with Crippen molar-refractivity contribution in [2.45, 2.75) is 26.2 Å². The third-order valence-electron chi connectivity index (χ3n) is 3.50. The van der Waals surface area contributed by atoms with E-state index in [1.54, 1.807) is 12.1 Å². The molecule has 1 aliphatic rings. The lowest BCUT2D eigenvalue weighted by atomic mass is 9.74. The average molecular weight is 284 g/mol. The normalized spacial score (nSPS) is 23.6. The van der Waals surface area contributed by atoms with E-state index >= 15 is 0 Å². The summed E-state index contributed by atoms with van der Waals surface area (Å²) in [5.74, 6) is -2.12. The number of benzene rings is 1. The van der Waals surface area contributed by atoms with Gasteiger partial charge in [-0.05, 0) is 17.5 Å². The summed E-state index contributed by atoms with van der Waals surface area (Å²) in [6.07, 6.45) is 0.103. The summed E-state index contributed by atoms with van der Waals surface area (Å²) in [5, 5.41) is 2.32. The molecule has 2 rings (SSSR count). The molecule has 0 aromatic heterocycles. The van der Waals surface area contributed by atoms with Crippen LogP contribution in [0.2, 0.25) is 5.02 Å². The summed E-state index contributed by atoms with van der Waals surface area (Å²) in [5.41, 5.74) is 0.342. The van der Waals surface area contributed by atoms with Crippen LogP contribution in [0, 0.1) is 17.7 Å². The number of carbonyl (C=O) groups is 2. The standard InChI is InChI=1S/C14H15ClFNO2/c1-7(2)12-9(6-11(18)17-14(12)19)8-4-3-5-10(15)13(8)16/h3-5,7,9,12H,6H2,1-2H3,(H,17,18,19). The van der Waals surface area contributed by atoms with E-state index in [2.05, 4.69) is 5.32 Å². The van der Waals surface area contributed by atoms with E-state index in [4.69, 9.17) is 11.6 Å². The maximum atomic E-state index is 14.1. The second kappa shape index (κ2) is 5.29. The first kappa shape index (κ1) is 14.0. The van der Waals surface area contributed by atoms with Crippen LogP contribution in [0.3, 0.4) is 0 Å². The van der Waals surface area contributed by atoms with Gasteiger partial charge < -0.3 is 0 Å². The first-order valence-corrected chi connectivity index (χ1v) is 6.57. The number of hydrogen-bond acceptors (Lipinski definition) is 2. The van der Waals surface area contributed by atoms with Crippen molar-refractivity contribution in [3.05, 3.63) is 34.6 Å². The minimum absolute atomic E-state index is 0.0106. The summed E-state index contributed by atoms with van der Waals surface area (Å²) in [6.45, 7) is 3.77. The molecule has 2 amide bonds. The quantitative estimate of drug-likeness (QED) is 0.849. The first-order chi connectivity index (χ1) is 8.91. The Bertz CT molecular complexity index is 530. The highest BCUT2D eigenvalue weighted by molar-refractivity contribution is 6.30. The van der Waals surface area contributed by atoms with Gasteiger partial charge in [0.2, 0.25) is 11.8 Å². The molecular weight excluding hydrogens is 269 g/mol. The molecule has 1 aromatic carbocycles. The van der Waals surface area contributed by atoms with E-state index < -0.39 is 17.7 Å². The van der Waals surface area contributed by atoms with Crippen LogP contribution in [0.25, 0.3) is 0 Å². The maximum absolute atomic E-state index is 14.1. The van der Waals surface area contributed by atoms with Crippen LogP contribution in [0.1, 0.15) is 31.7 Å². The molecule has 2 atom stereocenters. The molecule has 1 saturated heterocycles. The SMILES string of the molecule is CC(C)C1C(=O)NC(=O)CC1c1cccc(Cl)c1F. The molecule has 0 saturated carbocycles. The summed E-state index contributed by atoms with van der Waals surface area (Å²) in [7, 11) is 0. The van der Waals surface area contributed by atoms with Gasteiger partial charge in [-0.3, -0.25) is 14.9 Å². The Morgan fingerprint density at radius 1 is 1.37 bits per heavy atom. The van der Waals surface area contributed by atoms with Crippen LogP contribution < -0.4 is 5.32 Å². The van der Waals surface area contributed by atoms with E-state index in [-0.39, 0.29) is 29.2 Å². The lowest BCUT2D eigenvalue weighted by molar-refractivity contribution is -0.138. The molecule has 1 N–H and O–H groups in total. The van der Waals surface area contributed by atoms with Crippen molar-refractivity contribution in [2.75, 3.05) is 0 Å². The number of nitrogens with one attached hydrogen (secondary N) is 1. The zero-order valence-corrected chi connectivity index (χ0v) is 11.5. The Kier molecular flexibility index (Phi) is 3.90. The van der Waals surface area contributed by atoms with Gasteiger partial charge >= 0.3 is 0 Å². The molecule has 1 aliphatic heterocycles. The molecule has 0 aliphatic carbocycles. The van der Waals surface area contributed by atoms with Crippen LogP contribution in [-0.4, -0.2) is 11.8 Å². The van der Waals surface area contributed by atoms with Gasteiger partial charge in [-0.15, -0.1) is 0 Å². The van der Waals surface area contributed by atoms with Gasteiger partial charge in [0.15, 0.2) is 0 Å². The Morgan fingerprint density at radius 3 is 2.68 bits per heavy atom. The lowest BCUT2D eigenvalue weighted by Gasteiger charge is -2.33. The highest BCUT2D eigenvalue weighted by Gasteiger charge is 2.39. The van der Waals surface area contributed by atoms with Crippen LogP contribution in [0.5, 0.6) is 0 Å². The van der Waals surface area contributed by atoms with Crippen molar-refractivity contribution in [1.82, 2.24) is 5.32 Å². The van der Waals surface area contributed by atoms with Crippen molar-refractivity contribution in [2.24, 2.45) is 11.8 Å². The van der Waals surface area contributed by atoms with Gasteiger partial charge in [0.1, 0.15) is 5.82 Å². The second-order valence-electron chi connectivity index (χ2n) is 5.14. The third-order valence-corrected chi connectivity index (χ3v) is 3.80. The summed E-state index contributed by atoms with van der Waals surface area (Å²) in [4.78, 5) is 23.5. The molecule has 102 valence electrons. The zero-order chi connectivity index (χ0) is 14.2. The van der Waals surface area contributed by atoms with Gasteiger partial charge in [0.25, 0.3) is 0 Å². The fraction of sp³-hybridized carbons (Fsp3) is 0.429. The highest BCUT2D eigenvalue weighted by Crippen LogP contribution is 2.38. The second-order valence-corrected chi connectivity index (χ2v) is 5.54. The molecule has 0 radical (unpaired) electrons. The number of piperidine rings is 1. The summed E-state index contributed by atoms with van der Waals surface area (Å²) >= 11 is 5.77. The maximum Gasteiger partial charge on any atom is 0.230 e. The topological polar surface area (TPSA) is 46.2 Å². The van der Waals surface area contributed by atoms with Gasteiger partial charge in [-0.1, -0.05) is 37.6 Å². The van der Waals surface area contributed by atoms with Crippen molar-refractivity contribution in [1.29, 1.82) is 0 Å². The van der Waals surface area contributed by atoms with E-state index in [9.17, 15) is 14.0 Å². The molecule has 1 aromatic rings. The van der Waals surface area contributed by atoms with Crippen molar-refractivity contribution < 1.29 is 14.0 Å². The largest absolute Gasteiger partial charge is 0.296 e. The zero-order valence-electron chi connectivity index (χ0n) is 10.7. The number of imide groups is 1. The third kappa shape index (κ3) is 2.63. The summed E-state index contributed by atoms with van der Waals surface area (Å²) < 4.78 is 14.1. The van der Waals surface area contributed by atoms with Crippen molar-refractivity contribution in [3.63, 3.8) is 0 Å². The lowest BCUT2D eigenvalue weighted by Crippen LogP contribution is -2.46. The Morgan fingerprint density at radius 2 is 2.05 bits per heavy atom.